The largest absolute Gasteiger partial charge is 4.00 e. The van der Waals surface area contributed by atoms with E-state index < -0.39 is 9.05 Å². The monoisotopic (exact) mass is 198 g/mol. The fourth-order valence-electron chi connectivity index (χ4n) is 0. The zero-order chi connectivity index (χ0) is 4.50. The van der Waals surface area contributed by atoms with Crippen molar-refractivity contribution in [1.29, 1.82) is 0 Å². The van der Waals surface area contributed by atoms with Gasteiger partial charge in [0.15, 0.2) is 0 Å². The molecule has 0 aliphatic heterocycles. The fourth-order valence-corrected chi connectivity index (χ4v) is 0. The summed E-state index contributed by atoms with van der Waals surface area (Å²) in [7, 11) is -5.61. The van der Waals surface area contributed by atoms with Gasteiger partial charge in [-0.25, -0.2) is 0 Å². The molecule has 2 radical (unpaired) electrons. The molecule has 0 heterocycles. The minimum atomic E-state index is -5.61. The van der Waals surface area contributed by atoms with Crippen molar-refractivity contribution in [2.75, 3.05) is 0 Å². The Balaban J connectivity index is -0.0000000267. The van der Waals surface area contributed by atoms with E-state index in [1.165, 1.54) is 0 Å². The third-order valence-electron chi connectivity index (χ3n) is 0. The van der Waals surface area contributed by atoms with Crippen LogP contribution in [0.5, 0.6) is 0 Å². The van der Waals surface area contributed by atoms with Gasteiger partial charge in [0, 0.05) is 0 Å². The van der Waals surface area contributed by atoms with E-state index in [0.29, 0.717) is 0 Å². The molecule has 34 valence electrons. The Bertz CT molecular complexity index is 31.5. The van der Waals surface area contributed by atoms with Gasteiger partial charge in [0.2, 0.25) is 0 Å². The molecule has 8 heteroatoms. The van der Waals surface area contributed by atoms with E-state index >= 15 is 0 Å². The van der Waals surface area contributed by atoms with Crippen molar-refractivity contribution in [3.63, 3.8) is 0 Å². The van der Waals surface area contributed by atoms with Gasteiger partial charge in [-0.15, -0.1) is 0 Å². The summed E-state index contributed by atoms with van der Waals surface area (Å²) in [6.45, 7) is 0. The maximum absolute atomic E-state index is 8.58. The van der Waals surface area contributed by atoms with Crippen LogP contribution in [0.15, 0.2) is 0 Å². The van der Waals surface area contributed by atoms with Crippen LogP contribution in [-0.2, 0) is 21.7 Å². The minimum Gasteiger partial charge on any atom is -0.894 e. The Kier molecular flexibility index (Phi) is 24.7. The first kappa shape index (κ1) is 22.6. The molecular weight excluding hydrogens is 198 g/mol. The molecule has 0 bridgehead atoms. The summed E-state index contributed by atoms with van der Waals surface area (Å²) in [5, 5.41) is 0. The maximum Gasteiger partial charge on any atom is 4.00 e. The molecule has 0 N–H and O–H groups in total. The van der Waals surface area contributed by atoms with Crippen molar-refractivity contribution in [1.82, 2.24) is 0 Å². The smallest absolute Gasteiger partial charge is 0.894 e. The summed E-state index contributed by atoms with van der Waals surface area (Å²) in [4.78, 5) is 34.3. The van der Waals surface area contributed by atoms with Crippen molar-refractivity contribution >= 4 is 36.3 Å². The normalized spacial score (nSPS) is 7.50. The Labute approximate surface area is 77.1 Å². The van der Waals surface area contributed by atoms with Gasteiger partial charge >= 0.3 is 49.0 Å². The van der Waals surface area contributed by atoms with Gasteiger partial charge in [-0.2, -0.15) is 0 Å². The number of rotatable bonds is 0. The molecule has 4 nitrogen and oxygen atoms in total. The van der Waals surface area contributed by atoms with E-state index in [2.05, 4.69) is 0 Å². The predicted molar refractivity (Wildman–Crippen MR) is 18.4 cm³/mol. The summed E-state index contributed by atoms with van der Waals surface area (Å²) in [6.07, 6.45) is 0. The van der Waals surface area contributed by atoms with Crippen LogP contribution in [0.1, 0.15) is 0 Å². The molecule has 0 amide bonds. The summed E-state index contributed by atoms with van der Waals surface area (Å²) in [6, 6.07) is 0. The molecule has 0 spiro atoms. The Hall–Kier alpha value is 1.73. The van der Waals surface area contributed by atoms with Gasteiger partial charge < -0.3 is 28.2 Å². The summed E-state index contributed by atoms with van der Waals surface area (Å²) >= 11 is 0. The first-order valence-electron chi connectivity index (χ1n) is 0.816. The van der Waals surface area contributed by atoms with Crippen molar-refractivity contribution in [2.45, 2.75) is 0 Å². The Morgan fingerprint density at radius 3 is 0.875 bits per heavy atom. The molecule has 0 atom stereocenters. The molecule has 0 aromatic rings. The summed E-state index contributed by atoms with van der Waals surface area (Å²) < 4.78 is 0. The van der Waals surface area contributed by atoms with Gasteiger partial charge in [-0.1, -0.05) is 0 Å². The van der Waals surface area contributed by atoms with Crippen molar-refractivity contribution in [3.05, 3.63) is 0 Å². The van der Waals surface area contributed by atoms with Crippen LogP contribution in [0.4, 0.5) is 0 Å². The third-order valence-corrected chi connectivity index (χ3v) is 0. The molecule has 0 aliphatic rings. The Morgan fingerprint density at radius 1 is 0.875 bits per heavy atom. The van der Waals surface area contributed by atoms with E-state index in [0.717, 1.165) is 0 Å². The second kappa shape index (κ2) is 8.73. The van der Waals surface area contributed by atoms with Gasteiger partial charge in [0.05, 0.1) is 0 Å². The predicted octanol–water partition coefficient (Wildman–Crippen LogP) is -4.66. The van der Waals surface area contributed by atoms with Crippen LogP contribution < -0.4 is 19.2 Å². The van der Waals surface area contributed by atoms with Crippen LogP contribution in [0, 0.1) is 0 Å². The van der Waals surface area contributed by atoms with Crippen LogP contribution in [-0.4, -0.2) is 26.4 Å². The quantitative estimate of drug-likeness (QED) is 0.289. The van der Waals surface area contributed by atoms with Crippen molar-refractivity contribution in [3.8, 4) is 0 Å². The molecule has 8 heavy (non-hydrogen) atoms. The first-order valence-corrected chi connectivity index (χ1v) is 2.45. The molecule has 0 unspecified atom stereocenters. The van der Waals surface area contributed by atoms with Crippen molar-refractivity contribution in [2.24, 2.45) is 0 Å². The maximum atomic E-state index is 8.58. The molecule has 0 aromatic carbocycles. The second-order valence-electron chi connectivity index (χ2n) is 0.500. The number of hydrogen-bond donors (Lipinski definition) is 0. The van der Waals surface area contributed by atoms with Crippen LogP contribution in [0.25, 0.3) is 0 Å². The van der Waals surface area contributed by atoms with E-state index in [4.69, 9.17) is 19.2 Å². The van der Waals surface area contributed by atoms with Gasteiger partial charge in [0.1, 0.15) is 0 Å². The van der Waals surface area contributed by atoms with Crippen LogP contribution in [0.2, 0.25) is 0 Å². The second-order valence-corrected chi connectivity index (χ2v) is 1.50. The molecule has 0 aromatic heterocycles. The summed E-state index contributed by atoms with van der Waals surface area (Å²) in [5.41, 5.74) is 0. The minimum absolute atomic E-state index is 0. The topological polar surface area (TPSA) is 92.2 Å². The standard InChI is InChI=1S/Al.O4Si.P.Ti/c;1-5(2,3)4;;/q+3;-4;+3;+4. The molecule has 0 saturated carbocycles. The van der Waals surface area contributed by atoms with E-state index in [1.54, 1.807) is 0 Å². The first-order chi connectivity index (χ1) is 2.00. The van der Waals surface area contributed by atoms with Crippen molar-refractivity contribution < 1.29 is 40.9 Å². The zero-order valence-corrected chi connectivity index (χ0v) is 8.27. The average Bonchev–Trinajstić information content (AvgIpc) is 0.722. The molecule has 0 rings (SSSR count). The van der Waals surface area contributed by atoms with E-state index in [9.17, 15) is 0 Å². The van der Waals surface area contributed by atoms with Gasteiger partial charge in [0.25, 0.3) is 0 Å². The zero-order valence-electron chi connectivity index (χ0n) is 3.66. The fraction of sp³-hybridized carbons (Fsp3) is 0. The molecule has 0 fully saturated rings. The molecule has 0 aliphatic carbocycles. The van der Waals surface area contributed by atoms with Crippen LogP contribution >= 0.6 is 9.90 Å². The SMILES string of the molecule is [Al+3].[O-][Si]([O-])([O-])[O-].[P+3].[Ti+4]. The van der Waals surface area contributed by atoms with E-state index in [-0.39, 0.29) is 49.0 Å². The van der Waals surface area contributed by atoms with E-state index in [1.807, 2.05) is 0 Å². The molecular formula is AlO4PSiTi+6. The average molecular weight is 198 g/mol. The third kappa shape index (κ3) is 117. The van der Waals surface area contributed by atoms with Crippen LogP contribution in [0.3, 0.4) is 0 Å². The molecule has 0 saturated heterocycles. The Morgan fingerprint density at radius 2 is 0.875 bits per heavy atom. The van der Waals surface area contributed by atoms with Gasteiger partial charge in [-0.3, -0.25) is 0 Å². The summed E-state index contributed by atoms with van der Waals surface area (Å²) in [5.74, 6) is 0. The number of hydrogen-bond acceptors (Lipinski definition) is 4. The van der Waals surface area contributed by atoms with Gasteiger partial charge in [-0.05, 0) is 0 Å².